The lowest BCUT2D eigenvalue weighted by molar-refractivity contribution is -0.385. The minimum atomic E-state index is -0.481. The Morgan fingerprint density at radius 2 is 1.84 bits per heavy atom. The molecule has 0 N–H and O–H groups in total. The van der Waals surface area contributed by atoms with Crippen LogP contribution in [0.2, 0.25) is 0 Å². The smallest absolute Gasteiger partial charge is 0.287 e. The van der Waals surface area contributed by atoms with E-state index in [9.17, 15) is 10.1 Å². The fourth-order valence-corrected chi connectivity index (χ4v) is 1.66. The molecular formula is C13H12N2O4. The van der Waals surface area contributed by atoms with Gasteiger partial charge in [-0.15, -0.1) is 0 Å². The van der Waals surface area contributed by atoms with Gasteiger partial charge in [0, 0.05) is 11.6 Å². The topological polar surface area (TPSA) is 74.5 Å². The van der Waals surface area contributed by atoms with E-state index >= 15 is 0 Å². The van der Waals surface area contributed by atoms with Crippen LogP contribution in [-0.2, 0) is 0 Å². The Labute approximate surface area is 109 Å². The molecule has 1 aromatic carbocycles. The van der Waals surface area contributed by atoms with Gasteiger partial charge in [-0.3, -0.25) is 10.1 Å². The van der Waals surface area contributed by atoms with Crippen molar-refractivity contribution in [2.75, 3.05) is 14.2 Å². The lowest BCUT2D eigenvalue weighted by Crippen LogP contribution is -1.93. The lowest BCUT2D eigenvalue weighted by atomic mass is 10.1. The van der Waals surface area contributed by atoms with Crippen LogP contribution < -0.4 is 9.47 Å². The number of nitrogens with zero attached hydrogens (tertiary/aromatic N) is 2. The Balaban J connectivity index is 2.38. The molecule has 0 radical (unpaired) electrons. The third-order valence-electron chi connectivity index (χ3n) is 2.64. The molecule has 0 bridgehead atoms. The molecule has 0 saturated carbocycles. The summed E-state index contributed by atoms with van der Waals surface area (Å²) in [5.74, 6) is 1.20. The highest BCUT2D eigenvalue weighted by atomic mass is 16.6. The molecule has 1 aromatic heterocycles. The predicted octanol–water partition coefficient (Wildman–Crippen LogP) is 2.67. The molecule has 0 aliphatic carbocycles. The summed E-state index contributed by atoms with van der Waals surface area (Å²) >= 11 is 0. The molecule has 6 heteroatoms. The van der Waals surface area contributed by atoms with Crippen molar-refractivity contribution in [3.8, 4) is 22.8 Å². The molecule has 0 atom stereocenters. The Kier molecular flexibility index (Phi) is 3.61. The maximum atomic E-state index is 10.6. The monoisotopic (exact) mass is 260 g/mol. The van der Waals surface area contributed by atoms with Crippen molar-refractivity contribution in [1.82, 2.24) is 4.98 Å². The predicted molar refractivity (Wildman–Crippen MR) is 69.4 cm³/mol. The van der Waals surface area contributed by atoms with E-state index in [0.717, 1.165) is 5.56 Å². The van der Waals surface area contributed by atoms with Gasteiger partial charge in [-0.2, -0.15) is 0 Å². The summed E-state index contributed by atoms with van der Waals surface area (Å²) in [6, 6.07) is 8.36. The van der Waals surface area contributed by atoms with Gasteiger partial charge in [0.05, 0.1) is 24.8 Å². The number of pyridine rings is 1. The van der Waals surface area contributed by atoms with Gasteiger partial charge in [0.1, 0.15) is 6.20 Å². The number of aromatic nitrogens is 1. The molecule has 2 rings (SSSR count). The van der Waals surface area contributed by atoms with Crippen LogP contribution in [0.1, 0.15) is 0 Å². The molecule has 2 aromatic rings. The number of methoxy groups -OCH3 is 2. The Morgan fingerprint density at radius 1 is 1.11 bits per heavy atom. The fourth-order valence-electron chi connectivity index (χ4n) is 1.66. The zero-order chi connectivity index (χ0) is 13.8. The molecule has 0 fully saturated rings. The number of ether oxygens (including phenoxy) is 2. The zero-order valence-electron chi connectivity index (χ0n) is 10.5. The summed E-state index contributed by atoms with van der Waals surface area (Å²) in [6.45, 7) is 0. The largest absolute Gasteiger partial charge is 0.493 e. The van der Waals surface area contributed by atoms with Crippen LogP contribution in [0.5, 0.6) is 11.5 Å². The first-order valence-electron chi connectivity index (χ1n) is 5.48. The number of hydrogen-bond donors (Lipinski definition) is 0. The highest BCUT2D eigenvalue weighted by Crippen LogP contribution is 2.31. The normalized spacial score (nSPS) is 10.0. The SMILES string of the molecule is COc1ccc(-c2ccc([N+](=O)[O-])cn2)cc1OC. The maximum Gasteiger partial charge on any atom is 0.287 e. The van der Waals surface area contributed by atoms with Crippen LogP contribution in [0.25, 0.3) is 11.3 Å². The first-order chi connectivity index (χ1) is 9.15. The lowest BCUT2D eigenvalue weighted by Gasteiger charge is -2.09. The minimum Gasteiger partial charge on any atom is -0.493 e. The van der Waals surface area contributed by atoms with Gasteiger partial charge in [-0.05, 0) is 24.3 Å². The Morgan fingerprint density at radius 3 is 2.37 bits per heavy atom. The van der Waals surface area contributed by atoms with Crippen LogP contribution in [0.15, 0.2) is 36.5 Å². The van der Waals surface area contributed by atoms with Gasteiger partial charge in [0.2, 0.25) is 0 Å². The number of hydrogen-bond acceptors (Lipinski definition) is 5. The molecule has 0 saturated heterocycles. The molecule has 19 heavy (non-hydrogen) atoms. The average molecular weight is 260 g/mol. The van der Waals surface area contributed by atoms with Crippen molar-refractivity contribution in [1.29, 1.82) is 0 Å². The molecular weight excluding hydrogens is 248 g/mol. The average Bonchev–Trinajstić information content (AvgIpc) is 2.46. The standard InChI is InChI=1S/C13H12N2O4/c1-18-12-6-3-9(7-13(12)19-2)11-5-4-10(8-14-11)15(16)17/h3-8H,1-2H3. The quantitative estimate of drug-likeness (QED) is 0.624. The second kappa shape index (κ2) is 5.34. The van der Waals surface area contributed by atoms with Gasteiger partial charge in [0.15, 0.2) is 11.5 Å². The van der Waals surface area contributed by atoms with E-state index in [1.807, 2.05) is 6.07 Å². The zero-order valence-corrected chi connectivity index (χ0v) is 10.5. The van der Waals surface area contributed by atoms with Crippen molar-refractivity contribution >= 4 is 5.69 Å². The second-order valence-electron chi connectivity index (χ2n) is 3.73. The summed E-state index contributed by atoms with van der Waals surface area (Å²) in [4.78, 5) is 14.1. The van der Waals surface area contributed by atoms with Gasteiger partial charge in [-0.25, -0.2) is 4.98 Å². The number of nitro groups is 1. The van der Waals surface area contributed by atoms with Crippen molar-refractivity contribution in [2.45, 2.75) is 0 Å². The van der Waals surface area contributed by atoms with Crippen molar-refractivity contribution in [3.05, 3.63) is 46.6 Å². The van der Waals surface area contributed by atoms with Gasteiger partial charge in [0.25, 0.3) is 5.69 Å². The Hall–Kier alpha value is -2.63. The van der Waals surface area contributed by atoms with Crippen molar-refractivity contribution in [2.24, 2.45) is 0 Å². The van der Waals surface area contributed by atoms with E-state index in [0.29, 0.717) is 17.2 Å². The third-order valence-corrected chi connectivity index (χ3v) is 2.64. The molecule has 6 nitrogen and oxygen atoms in total. The van der Waals surface area contributed by atoms with Crippen molar-refractivity contribution in [3.63, 3.8) is 0 Å². The number of rotatable bonds is 4. The van der Waals surface area contributed by atoms with Crippen LogP contribution in [0, 0.1) is 10.1 Å². The molecule has 98 valence electrons. The van der Waals surface area contributed by atoms with Crippen LogP contribution in [0.4, 0.5) is 5.69 Å². The first-order valence-corrected chi connectivity index (χ1v) is 5.48. The molecule has 0 amide bonds. The van der Waals surface area contributed by atoms with E-state index in [1.165, 1.54) is 12.3 Å². The van der Waals surface area contributed by atoms with E-state index < -0.39 is 4.92 Å². The van der Waals surface area contributed by atoms with E-state index in [2.05, 4.69) is 4.98 Å². The highest BCUT2D eigenvalue weighted by Gasteiger charge is 2.09. The molecule has 0 spiro atoms. The third kappa shape index (κ3) is 2.62. The second-order valence-corrected chi connectivity index (χ2v) is 3.73. The first kappa shape index (κ1) is 12.8. The molecule has 0 aliphatic rings. The minimum absolute atomic E-state index is 0.0378. The van der Waals surface area contributed by atoms with E-state index in [1.54, 1.807) is 32.4 Å². The molecule has 0 aliphatic heterocycles. The van der Waals surface area contributed by atoms with E-state index in [-0.39, 0.29) is 5.69 Å². The van der Waals surface area contributed by atoms with Crippen LogP contribution in [-0.4, -0.2) is 24.1 Å². The summed E-state index contributed by atoms with van der Waals surface area (Å²) in [6.07, 6.45) is 1.23. The van der Waals surface area contributed by atoms with Crippen LogP contribution >= 0.6 is 0 Å². The number of benzene rings is 1. The van der Waals surface area contributed by atoms with E-state index in [4.69, 9.17) is 9.47 Å². The summed E-state index contributed by atoms with van der Waals surface area (Å²) in [5.41, 5.74) is 1.39. The van der Waals surface area contributed by atoms with Gasteiger partial charge in [-0.1, -0.05) is 0 Å². The highest BCUT2D eigenvalue weighted by molar-refractivity contribution is 5.64. The van der Waals surface area contributed by atoms with Gasteiger partial charge >= 0.3 is 0 Å². The summed E-state index contributed by atoms with van der Waals surface area (Å²) in [7, 11) is 3.10. The van der Waals surface area contributed by atoms with Gasteiger partial charge < -0.3 is 9.47 Å². The van der Waals surface area contributed by atoms with Crippen molar-refractivity contribution < 1.29 is 14.4 Å². The molecule has 1 heterocycles. The van der Waals surface area contributed by atoms with Crippen LogP contribution in [0.3, 0.4) is 0 Å². The summed E-state index contributed by atoms with van der Waals surface area (Å²) < 4.78 is 10.3. The summed E-state index contributed by atoms with van der Waals surface area (Å²) in [5, 5.41) is 10.6. The Bertz CT molecular complexity index is 596. The molecule has 0 unspecified atom stereocenters. The maximum absolute atomic E-state index is 10.6. The fraction of sp³-hybridized carbons (Fsp3) is 0.154.